The summed E-state index contributed by atoms with van der Waals surface area (Å²) in [5.74, 6) is -0.119. The second kappa shape index (κ2) is 7.58. The van der Waals surface area contributed by atoms with Gasteiger partial charge in [-0.15, -0.1) is 6.58 Å². The summed E-state index contributed by atoms with van der Waals surface area (Å²) in [5, 5.41) is 2.96. The van der Waals surface area contributed by atoms with Gasteiger partial charge in [-0.05, 0) is 19.1 Å². The highest BCUT2D eigenvalue weighted by atomic mass is 32.2. The second-order valence-corrected chi connectivity index (χ2v) is 7.93. The van der Waals surface area contributed by atoms with Gasteiger partial charge in [0.25, 0.3) is 0 Å². The molecule has 1 amide bonds. The highest BCUT2D eigenvalue weighted by molar-refractivity contribution is 8.00. The maximum absolute atomic E-state index is 11.9. The Kier molecular flexibility index (Phi) is 6.38. The third kappa shape index (κ3) is 4.83. The summed E-state index contributed by atoms with van der Waals surface area (Å²) in [7, 11) is -0.555. The second-order valence-electron chi connectivity index (χ2n) is 4.41. The van der Waals surface area contributed by atoms with Crippen LogP contribution in [0.1, 0.15) is 6.92 Å². The molecule has 0 spiro atoms. The number of nitrogens with one attached hydrogen (secondary N) is 1. The standard InChI is InChI=1S/C13H19N3O3S2/c1-5-8-14-13(17)10(2)20-12-7-6-11(9-15-12)21(18,19)16(3)4/h5-7,9-10H,1,8H2,2-4H3,(H,14,17)/t10-/m1/s1. The zero-order valence-corrected chi connectivity index (χ0v) is 13.9. The van der Waals surface area contributed by atoms with Crippen LogP contribution in [0.2, 0.25) is 0 Å². The molecule has 1 rings (SSSR count). The van der Waals surface area contributed by atoms with Gasteiger partial charge in [0.05, 0.1) is 10.3 Å². The van der Waals surface area contributed by atoms with Gasteiger partial charge >= 0.3 is 0 Å². The largest absolute Gasteiger partial charge is 0.352 e. The van der Waals surface area contributed by atoms with Crippen LogP contribution in [-0.4, -0.2) is 49.5 Å². The van der Waals surface area contributed by atoms with E-state index in [0.717, 1.165) is 4.31 Å². The maximum Gasteiger partial charge on any atom is 0.244 e. The highest BCUT2D eigenvalue weighted by Crippen LogP contribution is 2.22. The summed E-state index contributed by atoms with van der Waals surface area (Å²) in [6.07, 6.45) is 2.90. The van der Waals surface area contributed by atoms with Crippen molar-refractivity contribution in [2.75, 3.05) is 20.6 Å². The van der Waals surface area contributed by atoms with E-state index >= 15 is 0 Å². The number of hydrogen-bond acceptors (Lipinski definition) is 5. The van der Waals surface area contributed by atoms with Crippen molar-refractivity contribution >= 4 is 27.7 Å². The van der Waals surface area contributed by atoms with Gasteiger partial charge in [0, 0.05) is 26.8 Å². The Morgan fingerprint density at radius 1 is 1.52 bits per heavy atom. The third-order valence-electron chi connectivity index (χ3n) is 2.58. The van der Waals surface area contributed by atoms with E-state index in [9.17, 15) is 13.2 Å². The monoisotopic (exact) mass is 329 g/mol. The quantitative estimate of drug-likeness (QED) is 0.599. The van der Waals surface area contributed by atoms with E-state index in [-0.39, 0.29) is 16.1 Å². The molecule has 1 N–H and O–H groups in total. The number of carbonyl (C=O) groups is 1. The van der Waals surface area contributed by atoms with Crippen molar-refractivity contribution in [1.82, 2.24) is 14.6 Å². The van der Waals surface area contributed by atoms with Crippen molar-refractivity contribution < 1.29 is 13.2 Å². The number of rotatable bonds is 7. The fourth-order valence-electron chi connectivity index (χ4n) is 1.35. The molecule has 1 atom stereocenters. The first-order chi connectivity index (χ1) is 9.78. The van der Waals surface area contributed by atoms with E-state index < -0.39 is 10.0 Å². The Morgan fingerprint density at radius 2 is 2.19 bits per heavy atom. The summed E-state index contributed by atoms with van der Waals surface area (Å²) in [6.45, 7) is 5.70. The Labute approximate surface area is 129 Å². The topological polar surface area (TPSA) is 79.4 Å². The molecule has 0 aliphatic carbocycles. The summed E-state index contributed by atoms with van der Waals surface area (Å²) in [6, 6.07) is 3.08. The van der Waals surface area contributed by atoms with E-state index in [1.54, 1.807) is 19.1 Å². The predicted molar refractivity (Wildman–Crippen MR) is 83.6 cm³/mol. The van der Waals surface area contributed by atoms with Crippen molar-refractivity contribution in [2.24, 2.45) is 0 Å². The minimum absolute atomic E-state index is 0.119. The van der Waals surface area contributed by atoms with Crippen molar-refractivity contribution in [2.45, 2.75) is 22.1 Å². The molecule has 0 radical (unpaired) electrons. The molecule has 0 unspecified atom stereocenters. The van der Waals surface area contributed by atoms with Crippen molar-refractivity contribution in [3.05, 3.63) is 31.0 Å². The molecule has 0 aromatic carbocycles. The minimum atomic E-state index is -3.48. The first-order valence-corrected chi connectivity index (χ1v) is 8.55. The van der Waals surface area contributed by atoms with Crippen LogP contribution >= 0.6 is 11.8 Å². The van der Waals surface area contributed by atoms with Gasteiger partial charge in [0.1, 0.15) is 4.90 Å². The fraction of sp³-hybridized carbons (Fsp3) is 0.385. The number of amides is 1. The Hall–Kier alpha value is -1.38. The number of hydrogen-bond donors (Lipinski definition) is 1. The average Bonchev–Trinajstić information content (AvgIpc) is 2.45. The van der Waals surface area contributed by atoms with Crippen LogP contribution < -0.4 is 5.32 Å². The summed E-state index contributed by atoms with van der Waals surface area (Å²) < 4.78 is 24.9. The lowest BCUT2D eigenvalue weighted by Crippen LogP contribution is -2.30. The zero-order chi connectivity index (χ0) is 16.0. The van der Waals surface area contributed by atoms with Crippen LogP contribution in [0.15, 0.2) is 40.9 Å². The van der Waals surface area contributed by atoms with Gasteiger partial charge in [-0.25, -0.2) is 17.7 Å². The Bertz CT molecular complexity index is 598. The molecule has 0 bridgehead atoms. The molecule has 1 aromatic rings. The molecular formula is C13H19N3O3S2. The van der Waals surface area contributed by atoms with E-state index in [1.165, 1.54) is 38.1 Å². The van der Waals surface area contributed by atoms with Crippen LogP contribution in [0, 0.1) is 0 Å². The molecule has 6 nitrogen and oxygen atoms in total. The third-order valence-corrected chi connectivity index (χ3v) is 5.42. The summed E-state index contributed by atoms with van der Waals surface area (Å²) >= 11 is 1.26. The van der Waals surface area contributed by atoms with Crippen LogP contribution in [0.4, 0.5) is 0 Å². The highest BCUT2D eigenvalue weighted by Gasteiger charge is 2.18. The van der Waals surface area contributed by atoms with Gasteiger partial charge in [-0.2, -0.15) is 0 Å². The lowest BCUT2D eigenvalue weighted by molar-refractivity contribution is -0.120. The average molecular weight is 329 g/mol. The molecule has 0 fully saturated rings. The lowest BCUT2D eigenvalue weighted by Gasteiger charge is -2.12. The predicted octanol–water partition coefficient (Wildman–Crippen LogP) is 1.11. The summed E-state index contributed by atoms with van der Waals surface area (Å²) in [5.41, 5.74) is 0. The van der Waals surface area contributed by atoms with Crippen LogP contribution in [0.3, 0.4) is 0 Å². The van der Waals surface area contributed by atoms with E-state index in [0.29, 0.717) is 11.6 Å². The van der Waals surface area contributed by atoms with Gasteiger partial charge < -0.3 is 5.32 Å². The molecule has 0 saturated heterocycles. The first kappa shape index (κ1) is 17.7. The molecule has 0 saturated carbocycles. The number of aromatic nitrogens is 1. The molecule has 21 heavy (non-hydrogen) atoms. The summed E-state index contributed by atoms with van der Waals surface area (Å²) in [4.78, 5) is 15.9. The molecule has 1 aromatic heterocycles. The minimum Gasteiger partial charge on any atom is -0.352 e. The van der Waals surface area contributed by atoms with Gasteiger partial charge in [-0.3, -0.25) is 4.79 Å². The van der Waals surface area contributed by atoms with Crippen LogP contribution in [0.5, 0.6) is 0 Å². The molecule has 0 aliphatic rings. The van der Waals surface area contributed by atoms with Crippen LogP contribution in [-0.2, 0) is 14.8 Å². The maximum atomic E-state index is 11.9. The van der Waals surface area contributed by atoms with Crippen molar-refractivity contribution in [1.29, 1.82) is 0 Å². The number of pyridine rings is 1. The number of sulfonamides is 1. The van der Waals surface area contributed by atoms with E-state index in [2.05, 4.69) is 16.9 Å². The zero-order valence-electron chi connectivity index (χ0n) is 12.2. The SMILES string of the molecule is C=CCNC(=O)[C@@H](C)Sc1ccc(S(=O)(=O)N(C)C)cn1. The normalized spacial score (nSPS) is 13.0. The molecular weight excluding hydrogens is 310 g/mol. The Balaban J connectivity index is 2.75. The number of nitrogens with zero attached hydrogens (tertiary/aromatic N) is 2. The number of carbonyl (C=O) groups excluding carboxylic acids is 1. The Morgan fingerprint density at radius 3 is 2.67 bits per heavy atom. The van der Waals surface area contributed by atoms with E-state index in [4.69, 9.17) is 0 Å². The van der Waals surface area contributed by atoms with E-state index in [1.807, 2.05) is 0 Å². The lowest BCUT2D eigenvalue weighted by atomic mass is 10.4. The van der Waals surface area contributed by atoms with Gasteiger partial charge in [-0.1, -0.05) is 17.8 Å². The van der Waals surface area contributed by atoms with Gasteiger partial charge in [0.15, 0.2) is 0 Å². The smallest absolute Gasteiger partial charge is 0.244 e. The van der Waals surface area contributed by atoms with Crippen molar-refractivity contribution in [3.63, 3.8) is 0 Å². The molecule has 8 heteroatoms. The fourth-order valence-corrected chi connectivity index (χ4v) is 3.01. The first-order valence-electron chi connectivity index (χ1n) is 6.23. The molecule has 116 valence electrons. The van der Waals surface area contributed by atoms with Gasteiger partial charge in [0.2, 0.25) is 15.9 Å². The van der Waals surface area contributed by atoms with Crippen molar-refractivity contribution in [3.8, 4) is 0 Å². The van der Waals surface area contributed by atoms with Crippen LogP contribution in [0.25, 0.3) is 0 Å². The molecule has 0 aliphatic heterocycles. The number of thioether (sulfide) groups is 1. The molecule has 1 heterocycles.